The smallest absolute Gasteiger partial charge is 0.272 e. The van der Waals surface area contributed by atoms with Gasteiger partial charge in [-0.25, -0.2) is 4.68 Å². The molecule has 5 nitrogen and oxygen atoms in total. The number of halogens is 3. The molecule has 0 N–H and O–H groups in total. The number of hydrogen-bond donors (Lipinski definition) is 0. The van der Waals surface area contributed by atoms with E-state index in [9.17, 15) is 4.79 Å². The molecule has 1 aliphatic rings. The molecule has 0 spiro atoms. The quantitative estimate of drug-likeness (QED) is 0.582. The summed E-state index contributed by atoms with van der Waals surface area (Å²) in [7, 11) is 0. The highest BCUT2D eigenvalue weighted by molar-refractivity contribution is 6.42. The SMILES string of the molecule is O=C(c1cc(-c2ccccc2Cl)nn1-c1ccc(Cl)c(Cl)c1)N1CCOCC1. The van der Waals surface area contributed by atoms with E-state index in [2.05, 4.69) is 5.10 Å². The molecule has 0 bridgehead atoms. The van der Waals surface area contributed by atoms with Gasteiger partial charge in [-0.05, 0) is 30.3 Å². The second-order valence-electron chi connectivity index (χ2n) is 6.31. The van der Waals surface area contributed by atoms with Crippen LogP contribution >= 0.6 is 34.8 Å². The number of ether oxygens (including phenoxy) is 1. The summed E-state index contributed by atoms with van der Waals surface area (Å²) in [4.78, 5) is 14.9. The van der Waals surface area contributed by atoms with Crippen molar-refractivity contribution in [2.45, 2.75) is 0 Å². The fraction of sp³-hybridized carbons (Fsp3) is 0.200. The van der Waals surface area contributed by atoms with Gasteiger partial charge >= 0.3 is 0 Å². The number of benzene rings is 2. The number of morpholine rings is 1. The van der Waals surface area contributed by atoms with Crippen molar-refractivity contribution in [1.29, 1.82) is 0 Å². The Kier molecular flexibility index (Phi) is 5.60. The first kappa shape index (κ1) is 19.3. The molecule has 1 fully saturated rings. The minimum absolute atomic E-state index is 0.125. The third-order valence-electron chi connectivity index (χ3n) is 4.52. The Morgan fingerprint density at radius 3 is 2.39 bits per heavy atom. The number of carbonyl (C=O) groups excluding carboxylic acids is 1. The largest absolute Gasteiger partial charge is 0.378 e. The predicted molar refractivity (Wildman–Crippen MR) is 111 cm³/mol. The Labute approximate surface area is 177 Å². The van der Waals surface area contributed by atoms with Crippen LogP contribution in [0.3, 0.4) is 0 Å². The first-order valence-corrected chi connectivity index (χ1v) is 9.85. The van der Waals surface area contributed by atoms with Crippen LogP contribution in [-0.4, -0.2) is 46.9 Å². The third kappa shape index (κ3) is 3.76. The Morgan fingerprint density at radius 2 is 1.68 bits per heavy atom. The molecule has 1 amide bonds. The lowest BCUT2D eigenvalue weighted by Gasteiger charge is -2.26. The number of hydrogen-bond acceptors (Lipinski definition) is 3. The van der Waals surface area contributed by atoms with Crippen molar-refractivity contribution in [3.05, 3.63) is 69.3 Å². The van der Waals surface area contributed by atoms with Crippen LogP contribution in [0.4, 0.5) is 0 Å². The van der Waals surface area contributed by atoms with Crippen LogP contribution < -0.4 is 0 Å². The van der Waals surface area contributed by atoms with E-state index in [0.29, 0.717) is 58.4 Å². The lowest BCUT2D eigenvalue weighted by molar-refractivity contribution is 0.0297. The van der Waals surface area contributed by atoms with Crippen LogP contribution in [0.25, 0.3) is 16.9 Å². The average molecular weight is 437 g/mol. The lowest BCUT2D eigenvalue weighted by Crippen LogP contribution is -2.41. The molecular weight excluding hydrogens is 421 g/mol. The van der Waals surface area contributed by atoms with Crippen molar-refractivity contribution < 1.29 is 9.53 Å². The van der Waals surface area contributed by atoms with E-state index in [1.807, 2.05) is 18.2 Å². The van der Waals surface area contributed by atoms with Gasteiger partial charge in [0.15, 0.2) is 0 Å². The zero-order chi connectivity index (χ0) is 19.7. The molecule has 1 aliphatic heterocycles. The Balaban J connectivity index is 1.83. The summed E-state index contributed by atoms with van der Waals surface area (Å²) in [6.45, 7) is 2.10. The van der Waals surface area contributed by atoms with E-state index in [1.54, 1.807) is 39.9 Å². The van der Waals surface area contributed by atoms with Crippen LogP contribution in [0.5, 0.6) is 0 Å². The van der Waals surface area contributed by atoms with Crippen molar-refractivity contribution in [3.63, 3.8) is 0 Å². The molecule has 4 rings (SSSR count). The molecule has 0 radical (unpaired) electrons. The second kappa shape index (κ2) is 8.13. The highest BCUT2D eigenvalue weighted by Crippen LogP contribution is 2.30. The fourth-order valence-corrected chi connectivity index (χ4v) is 3.60. The number of rotatable bonds is 3. The van der Waals surface area contributed by atoms with Gasteiger partial charge in [0.1, 0.15) is 5.69 Å². The van der Waals surface area contributed by atoms with E-state index in [-0.39, 0.29) is 5.91 Å². The summed E-state index contributed by atoms with van der Waals surface area (Å²) in [5.74, 6) is -0.125. The highest BCUT2D eigenvalue weighted by atomic mass is 35.5. The van der Waals surface area contributed by atoms with Gasteiger partial charge in [-0.3, -0.25) is 4.79 Å². The summed E-state index contributed by atoms with van der Waals surface area (Å²) in [6.07, 6.45) is 0. The molecule has 28 heavy (non-hydrogen) atoms. The van der Waals surface area contributed by atoms with Gasteiger partial charge in [-0.15, -0.1) is 0 Å². The molecule has 0 aliphatic carbocycles. The van der Waals surface area contributed by atoms with Crippen LogP contribution in [0, 0.1) is 0 Å². The summed E-state index contributed by atoms with van der Waals surface area (Å²) in [5.41, 5.74) is 2.42. The zero-order valence-corrected chi connectivity index (χ0v) is 17.0. The minimum Gasteiger partial charge on any atom is -0.378 e. The maximum Gasteiger partial charge on any atom is 0.272 e. The normalized spacial score (nSPS) is 14.3. The van der Waals surface area contributed by atoms with Crippen molar-refractivity contribution in [2.24, 2.45) is 0 Å². The van der Waals surface area contributed by atoms with Gasteiger partial charge in [0.2, 0.25) is 0 Å². The highest BCUT2D eigenvalue weighted by Gasteiger charge is 2.25. The van der Waals surface area contributed by atoms with Crippen LogP contribution in [0.15, 0.2) is 48.5 Å². The number of amides is 1. The van der Waals surface area contributed by atoms with Crippen LogP contribution in [0.1, 0.15) is 10.5 Å². The summed E-state index contributed by atoms with van der Waals surface area (Å²) in [5, 5.41) is 6.03. The first-order chi connectivity index (χ1) is 13.5. The second-order valence-corrected chi connectivity index (χ2v) is 7.53. The standard InChI is InChI=1S/C20H16Cl3N3O2/c21-15-4-2-1-3-14(15)18-12-19(20(27)25-7-9-28-10-8-25)26(24-18)13-5-6-16(22)17(23)11-13/h1-6,11-12H,7-10H2. The van der Waals surface area contributed by atoms with Crippen molar-refractivity contribution >= 4 is 40.7 Å². The Morgan fingerprint density at radius 1 is 0.929 bits per heavy atom. The van der Waals surface area contributed by atoms with Gasteiger partial charge in [0.05, 0.1) is 39.7 Å². The molecule has 1 saturated heterocycles. The summed E-state index contributed by atoms with van der Waals surface area (Å²) < 4.78 is 6.94. The van der Waals surface area contributed by atoms with Gasteiger partial charge in [-0.1, -0.05) is 53.0 Å². The molecule has 3 aromatic rings. The van der Waals surface area contributed by atoms with E-state index in [4.69, 9.17) is 39.5 Å². The summed E-state index contributed by atoms with van der Waals surface area (Å²) >= 11 is 18.6. The molecule has 2 heterocycles. The summed E-state index contributed by atoms with van der Waals surface area (Å²) in [6, 6.07) is 14.3. The van der Waals surface area contributed by atoms with E-state index < -0.39 is 0 Å². The van der Waals surface area contributed by atoms with Crippen LogP contribution in [-0.2, 0) is 4.74 Å². The van der Waals surface area contributed by atoms with Crippen molar-refractivity contribution in [3.8, 4) is 16.9 Å². The van der Waals surface area contributed by atoms with Crippen molar-refractivity contribution in [1.82, 2.24) is 14.7 Å². The molecular formula is C20H16Cl3N3O2. The maximum atomic E-state index is 13.2. The molecule has 2 aromatic carbocycles. The monoisotopic (exact) mass is 435 g/mol. The average Bonchev–Trinajstić information content (AvgIpc) is 3.15. The zero-order valence-electron chi connectivity index (χ0n) is 14.7. The maximum absolute atomic E-state index is 13.2. The van der Waals surface area contributed by atoms with Gasteiger partial charge < -0.3 is 9.64 Å². The van der Waals surface area contributed by atoms with E-state index in [1.165, 1.54) is 0 Å². The predicted octanol–water partition coefficient (Wildman–Crippen LogP) is 4.97. The topological polar surface area (TPSA) is 47.4 Å². The molecule has 1 aromatic heterocycles. The number of carbonyl (C=O) groups is 1. The lowest BCUT2D eigenvalue weighted by atomic mass is 10.1. The molecule has 0 saturated carbocycles. The fourth-order valence-electron chi connectivity index (χ4n) is 3.08. The number of nitrogens with zero attached hydrogens (tertiary/aromatic N) is 3. The Bertz CT molecular complexity index is 1030. The molecule has 0 atom stereocenters. The Hall–Kier alpha value is -2.05. The van der Waals surface area contributed by atoms with Crippen LogP contribution in [0.2, 0.25) is 15.1 Å². The van der Waals surface area contributed by atoms with Gasteiger partial charge in [0, 0.05) is 18.7 Å². The first-order valence-electron chi connectivity index (χ1n) is 8.72. The van der Waals surface area contributed by atoms with Gasteiger partial charge in [0.25, 0.3) is 5.91 Å². The minimum atomic E-state index is -0.125. The molecule has 0 unspecified atom stereocenters. The molecule has 8 heteroatoms. The number of aromatic nitrogens is 2. The third-order valence-corrected chi connectivity index (χ3v) is 5.59. The van der Waals surface area contributed by atoms with Crippen molar-refractivity contribution in [2.75, 3.05) is 26.3 Å². The van der Waals surface area contributed by atoms with Gasteiger partial charge in [-0.2, -0.15) is 5.10 Å². The molecule has 144 valence electrons. The van der Waals surface area contributed by atoms with E-state index >= 15 is 0 Å². The van der Waals surface area contributed by atoms with E-state index in [0.717, 1.165) is 5.56 Å².